The van der Waals surface area contributed by atoms with E-state index in [1.165, 1.54) is 0 Å². The van der Waals surface area contributed by atoms with E-state index < -0.39 is 69.5 Å². The summed E-state index contributed by atoms with van der Waals surface area (Å²) in [4.78, 5) is 9.99. The van der Waals surface area contributed by atoms with Gasteiger partial charge in [0.15, 0.2) is 0 Å². The maximum Gasteiger partial charge on any atom is 0.460 e. The maximum atomic E-state index is 14.7. The van der Waals surface area contributed by atoms with E-state index in [2.05, 4.69) is 0 Å². The minimum Gasteiger partial charge on any atom is -0.380 e. The second-order valence-corrected chi connectivity index (χ2v) is 7.68. The Morgan fingerprint density at radius 1 is 0.649 bits per heavy atom. The fraction of sp³-hybridized carbons (Fsp3) is 0.400. The number of alkyl halides is 13. The number of benzene rings is 2. The topological polar surface area (TPSA) is 63.4 Å². The molecule has 4 nitrogen and oxygen atoms in total. The third kappa shape index (κ3) is 4.57. The molecule has 1 unspecified atom stereocenters. The summed E-state index contributed by atoms with van der Waals surface area (Å²) in [5.41, 5.74) is -7.14. The molecule has 2 aromatic rings. The van der Waals surface area contributed by atoms with Gasteiger partial charge >= 0.3 is 35.8 Å². The molecule has 206 valence electrons. The second kappa shape index (κ2) is 9.02. The summed E-state index contributed by atoms with van der Waals surface area (Å²) in [5.74, 6) is -38.4. The Morgan fingerprint density at radius 3 is 1.54 bits per heavy atom. The number of hydrogen-bond acceptors (Lipinski definition) is 3. The standard InChI is InChI=1S/C20H12F13NO3/c21-15(22,16(23,24)17(25,26)18(27,28)19(29,30)20(31,32)33)10-14(35,11-6-2-1-3-7-11)12-8-4-5-9-13(12)34(36)37/h1-9,35H,10H2. The Labute approximate surface area is 197 Å². The molecule has 2 rings (SSSR count). The summed E-state index contributed by atoms with van der Waals surface area (Å²) < 4.78 is 176. The summed E-state index contributed by atoms with van der Waals surface area (Å²) in [7, 11) is 0. The highest BCUT2D eigenvalue weighted by molar-refractivity contribution is 5.49. The number of aliphatic hydroxyl groups is 1. The highest BCUT2D eigenvalue weighted by Gasteiger charge is 2.90. The highest BCUT2D eigenvalue weighted by Crippen LogP contribution is 2.61. The van der Waals surface area contributed by atoms with Crippen molar-refractivity contribution in [1.29, 1.82) is 0 Å². The minimum atomic E-state index is -8.12. The molecule has 17 heteroatoms. The molecule has 2 aromatic carbocycles. The first kappa shape index (κ1) is 30.1. The molecule has 0 aliphatic rings. The first-order valence-electron chi connectivity index (χ1n) is 9.46. The molecule has 37 heavy (non-hydrogen) atoms. The first-order chi connectivity index (χ1) is 16.5. The molecule has 0 radical (unpaired) electrons. The van der Waals surface area contributed by atoms with E-state index >= 15 is 0 Å². The van der Waals surface area contributed by atoms with Crippen molar-refractivity contribution in [2.75, 3.05) is 0 Å². The third-order valence-electron chi connectivity index (χ3n) is 5.27. The van der Waals surface area contributed by atoms with Crippen LogP contribution in [-0.2, 0) is 5.60 Å². The van der Waals surface area contributed by atoms with E-state index in [1.807, 2.05) is 0 Å². The van der Waals surface area contributed by atoms with E-state index in [0.29, 0.717) is 24.3 Å². The summed E-state index contributed by atoms with van der Waals surface area (Å²) in [6, 6.07) is 7.29. The van der Waals surface area contributed by atoms with Gasteiger partial charge in [0.1, 0.15) is 5.60 Å². The zero-order chi connectivity index (χ0) is 28.9. The van der Waals surface area contributed by atoms with Crippen molar-refractivity contribution in [3.05, 3.63) is 75.8 Å². The molecule has 0 amide bonds. The molecule has 0 spiro atoms. The van der Waals surface area contributed by atoms with E-state index in [-0.39, 0.29) is 0 Å². The van der Waals surface area contributed by atoms with Crippen LogP contribution in [-0.4, -0.2) is 45.8 Å². The van der Waals surface area contributed by atoms with Crippen LogP contribution in [0.1, 0.15) is 17.5 Å². The first-order valence-corrected chi connectivity index (χ1v) is 9.46. The molecule has 0 aliphatic carbocycles. The lowest BCUT2D eigenvalue weighted by atomic mass is 9.78. The lowest BCUT2D eigenvalue weighted by Crippen LogP contribution is -2.70. The van der Waals surface area contributed by atoms with Gasteiger partial charge in [0.25, 0.3) is 5.69 Å². The molecule has 1 atom stereocenters. The van der Waals surface area contributed by atoms with Gasteiger partial charge in [-0.1, -0.05) is 42.5 Å². The molecule has 0 aliphatic heterocycles. The summed E-state index contributed by atoms with van der Waals surface area (Å²) in [6.45, 7) is 0. The van der Waals surface area contributed by atoms with Crippen molar-refractivity contribution in [3.63, 3.8) is 0 Å². The van der Waals surface area contributed by atoms with Gasteiger partial charge in [-0.3, -0.25) is 10.1 Å². The monoisotopic (exact) mass is 561 g/mol. The van der Waals surface area contributed by atoms with Crippen molar-refractivity contribution in [2.45, 2.75) is 47.8 Å². The van der Waals surface area contributed by atoms with E-state index in [4.69, 9.17) is 0 Å². The summed E-state index contributed by atoms with van der Waals surface area (Å²) >= 11 is 0. The molecular weight excluding hydrogens is 549 g/mol. The fourth-order valence-electron chi connectivity index (χ4n) is 3.28. The molecule has 0 saturated heterocycles. The van der Waals surface area contributed by atoms with E-state index in [1.54, 1.807) is 0 Å². The van der Waals surface area contributed by atoms with Crippen molar-refractivity contribution in [2.24, 2.45) is 0 Å². The Kier molecular flexibility index (Phi) is 7.34. The predicted molar refractivity (Wildman–Crippen MR) is 97.9 cm³/mol. The summed E-state index contributed by atoms with van der Waals surface area (Å²) in [6.07, 6.45) is -10.7. The molecular formula is C20H12F13NO3. The predicted octanol–water partition coefficient (Wildman–Crippen LogP) is 6.96. The number of nitrogens with zero attached hydrogens (tertiary/aromatic N) is 1. The molecule has 0 fully saturated rings. The number of rotatable bonds is 9. The normalized spacial score (nSPS) is 15.8. The molecule has 0 saturated carbocycles. The highest BCUT2D eigenvalue weighted by atomic mass is 19.4. The van der Waals surface area contributed by atoms with Crippen molar-refractivity contribution >= 4 is 5.69 Å². The smallest absolute Gasteiger partial charge is 0.380 e. The lowest BCUT2D eigenvalue weighted by Gasteiger charge is -2.41. The fourth-order valence-corrected chi connectivity index (χ4v) is 3.28. The Morgan fingerprint density at radius 2 is 1.08 bits per heavy atom. The number of para-hydroxylation sites is 1. The molecule has 0 heterocycles. The van der Waals surface area contributed by atoms with Gasteiger partial charge in [-0.2, -0.15) is 57.1 Å². The van der Waals surface area contributed by atoms with Crippen LogP contribution in [0.2, 0.25) is 0 Å². The van der Waals surface area contributed by atoms with Crippen LogP contribution in [0.3, 0.4) is 0 Å². The number of hydrogen-bond donors (Lipinski definition) is 1. The Hall–Kier alpha value is -3.11. The van der Waals surface area contributed by atoms with Gasteiger partial charge in [0, 0.05) is 6.07 Å². The van der Waals surface area contributed by atoms with E-state index in [0.717, 1.165) is 30.3 Å². The van der Waals surface area contributed by atoms with Crippen LogP contribution >= 0.6 is 0 Å². The second-order valence-electron chi connectivity index (χ2n) is 7.68. The van der Waals surface area contributed by atoms with Crippen LogP contribution in [0, 0.1) is 10.1 Å². The van der Waals surface area contributed by atoms with Crippen molar-refractivity contribution in [3.8, 4) is 0 Å². The average Bonchev–Trinajstić information content (AvgIpc) is 2.78. The largest absolute Gasteiger partial charge is 0.460 e. The van der Waals surface area contributed by atoms with Gasteiger partial charge in [-0.15, -0.1) is 0 Å². The zero-order valence-electron chi connectivity index (χ0n) is 17.5. The van der Waals surface area contributed by atoms with Crippen molar-refractivity contribution in [1.82, 2.24) is 0 Å². The van der Waals surface area contributed by atoms with Crippen LogP contribution < -0.4 is 0 Å². The van der Waals surface area contributed by atoms with Crippen LogP contribution in [0.15, 0.2) is 54.6 Å². The average molecular weight is 561 g/mol. The van der Waals surface area contributed by atoms with Crippen LogP contribution in [0.5, 0.6) is 0 Å². The summed E-state index contributed by atoms with van der Waals surface area (Å²) in [5, 5.41) is 22.3. The Balaban J connectivity index is 2.75. The van der Waals surface area contributed by atoms with E-state index in [9.17, 15) is 72.3 Å². The maximum absolute atomic E-state index is 14.7. The SMILES string of the molecule is O=[N+]([O-])c1ccccc1C(O)(CC(F)(F)C(F)(F)C(F)(F)C(F)(F)C(F)(F)C(F)(F)F)c1ccccc1. The van der Waals surface area contributed by atoms with Crippen molar-refractivity contribution < 1.29 is 67.1 Å². The van der Waals surface area contributed by atoms with Gasteiger partial charge in [-0.25, -0.2) is 0 Å². The van der Waals surface area contributed by atoms with Crippen LogP contribution in [0.25, 0.3) is 0 Å². The third-order valence-corrected chi connectivity index (χ3v) is 5.27. The van der Waals surface area contributed by atoms with Crippen LogP contribution in [0.4, 0.5) is 62.8 Å². The van der Waals surface area contributed by atoms with Gasteiger partial charge < -0.3 is 5.11 Å². The number of nitro groups is 1. The van der Waals surface area contributed by atoms with Gasteiger partial charge in [0.05, 0.1) is 16.9 Å². The van der Waals surface area contributed by atoms with Gasteiger partial charge in [-0.05, 0) is 11.6 Å². The Bertz CT molecular complexity index is 1140. The number of nitro benzene ring substituents is 1. The minimum absolute atomic E-state index is 0.518. The molecule has 0 bridgehead atoms. The quantitative estimate of drug-likeness (QED) is 0.205. The molecule has 1 N–H and O–H groups in total. The molecule has 0 aromatic heterocycles. The lowest BCUT2D eigenvalue weighted by molar-refractivity contribution is -0.441. The van der Waals surface area contributed by atoms with Gasteiger partial charge in [0.2, 0.25) is 0 Å². The number of halogens is 13. The zero-order valence-corrected chi connectivity index (χ0v) is 17.5.